The highest BCUT2D eigenvalue weighted by Gasteiger charge is 2.28. The van der Waals surface area contributed by atoms with E-state index in [0.29, 0.717) is 24.5 Å². The first-order chi connectivity index (χ1) is 16.5. The van der Waals surface area contributed by atoms with Gasteiger partial charge in [-0.15, -0.1) is 0 Å². The standard InChI is InChI=1S/C26H32N2O6S/c1-6-20-7-9-21(10-8-20)28(15-17(2)3)35(31,32)23-11-12-25(24(13-23)18(4)26(29)30)27-14-22-16-33-19(5)34-22/h7-13,17,22,27H,4-6,14-16H2,1-3H3,(H,29,30). The monoisotopic (exact) mass is 500 g/mol. The number of aryl methyl sites for hydroxylation is 1. The van der Waals surface area contributed by atoms with E-state index in [4.69, 9.17) is 9.47 Å². The molecule has 1 fully saturated rings. The molecule has 2 aromatic carbocycles. The largest absolute Gasteiger partial charge is 0.478 e. The Morgan fingerprint density at radius 3 is 2.46 bits per heavy atom. The van der Waals surface area contributed by atoms with Crippen LogP contribution in [0.3, 0.4) is 0 Å². The molecule has 9 heteroatoms. The van der Waals surface area contributed by atoms with Gasteiger partial charge in [0.25, 0.3) is 16.0 Å². The number of carboxylic acids is 1. The summed E-state index contributed by atoms with van der Waals surface area (Å²) in [4.78, 5) is 11.7. The lowest BCUT2D eigenvalue weighted by Crippen LogP contribution is -2.34. The maximum atomic E-state index is 13.8. The summed E-state index contributed by atoms with van der Waals surface area (Å²) in [5.41, 5.74) is 2.05. The van der Waals surface area contributed by atoms with E-state index in [-0.39, 0.29) is 40.5 Å². The summed E-state index contributed by atoms with van der Waals surface area (Å²) >= 11 is 0. The Bertz CT molecular complexity index is 1200. The lowest BCUT2D eigenvalue weighted by molar-refractivity contribution is -0.130. The van der Waals surface area contributed by atoms with Crippen molar-refractivity contribution in [1.82, 2.24) is 0 Å². The number of hydrogen-bond acceptors (Lipinski definition) is 6. The normalized spacial score (nSPS) is 15.4. The molecule has 0 radical (unpaired) electrons. The fourth-order valence-electron chi connectivity index (χ4n) is 3.67. The molecule has 0 aliphatic carbocycles. The quantitative estimate of drug-likeness (QED) is 0.438. The van der Waals surface area contributed by atoms with Crippen LogP contribution >= 0.6 is 0 Å². The molecule has 2 N–H and O–H groups in total. The molecular formula is C26H32N2O6S. The van der Waals surface area contributed by atoms with Crippen LogP contribution in [0.25, 0.3) is 5.57 Å². The summed E-state index contributed by atoms with van der Waals surface area (Å²) in [6, 6.07) is 11.8. The Labute approximate surface area is 206 Å². The highest BCUT2D eigenvalue weighted by molar-refractivity contribution is 7.92. The number of benzene rings is 2. The van der Waals surface area contributed by atoms with E-state index in [1.165, 1.54) is 16.4 Å². The molecule has 1 aliphatic heterocycles. The summed E-state index contributed by atoms with van der Waals surface area (Å²) in [5.74, 6) is -0.954. The van der Waals surface area contributed by atoms with Gasteiger partial charge < -0.3 is 19.9 Å². The second-order valence-corrected chi connectivity index (χ2v) is 10.6. The SMILES string of the molecule is C=C1OCC(CNc2ccc(S(=O)(=O)N(CC(C)C)c3ccc(CC)cc3)cc2C(=C)C(=O)O)O1. The van der Waals surface area contributed by atoms with Crippen LogP contribution in [-0.4, -0.2) is 45.3 Å². The molecule has 1 aliphatic rings. The lowest BCUT2D eigenvalue weighted by Gasteiger charge is -2.27. The van der Waals surface area contributed by atoms with Crippen LogP contribution in [0, 0.1) is 5.92 Å². The maximum Gasteiger partial charge on any atom is 0.335 e. The zero-order chi connectivity index (χ0) is 25.8. The van der Waals surface area contributed by atoms with Crippen LogP contribution in [0.2, 0.25) is 0 Å². The maximum absolute atomic E-state index is 13.8. The van der Waals surface area contributed by atoms with E-state index in [1.807, 2.05) is 32.9 Å². The molecule has 2 aromatic rings. The van der Waals surface area contributed by atoms with E-state index >= 15 is 0 Å². The van der Waals surface area contributed by atoms with Gasteiger partial charge in [0, 0.05) is 17.8 Å². The van der Waals surface area contributed by atoms with Crippen LogP contribution in [0.5, 0.6) is 0 Å². The van der Waals surface area contributed by atoms with Crippen molar-refractivity contribution in [3.63, 3.8) is 0 Å². The topological polar surface area (TPSA) is 105 Å². The van der Waals surface area contributed by atoms with Gasteiger partial charge in [0.05, 0.1) is 22.7 Å². The minimum Gasteiger partial charge on any atom is -0.478 e. The number of aliphatic carboxylic acids is 1. The van der Waals surface area contributed by atoms with Gasteiger partial charge in [-0.3, -0.25) is 4.31 Å². The Hall–Kier alpha value is -3.46. The number of nitrogens with one attached hydrogen (secondary N) is 1. The minimum atomic E-state index is -3.99. The van der Waals surface area contributed by atoms with Gasteiger partial charge >= 0.3 is 5.97 Å². The molecule has 0 amide bonds. The molecule has 0 spiro atoms. The number of rotatable bonds is 11. The van der Waals surface area contributed by atoms with Gasteiger partial charge in [0.1, 0.15) is 6.61 Å². The van der Waals surface area contributed by atoms with Crippen molar-refractivity contribution >= 4 is 32.9 Å². The third-order valence-corrected chi connectivity index (χ3v) is 7.36. The molecule has 3 rings (SSSR count). The smallest absolute Gasteiger partial charge is 0.335 e. The molecule has 188 valence electrons. The van der Waals surface area contributed by atoms with Gasteiger partial charge in [0.2, 0.25) is 0 Å². The Morgan fingerprint density at radius 1 is 1.23 bits per heavy atom. The second-order valence-electron chi connectivity index (χ2n) is 8.74. The fraction of sp³-hybridized carbons (Fsp3) is 0.346. The number of carboxylic acid groups (broad SMARTS) is 1. The molecule has 35 heavy (non-hydrogen) atoms. The zero-order valence-electron chi connectivity index (χ0n) is 20.3. The van der Waals surface area contributed by atoms with Crippen molar-refractivity contribution in [3.8, 4) is 0 Å². The van der Waals surface area contributed by atoms with E-state index in [2.05, 4.69) is 18.5 Å². The molecule has 1 saturated heterocycles. The number of carbonyl (C=O) groups is 1. The molecule has 0 saturated carbocycles. The van der Waals surface area contributed by atoms with E-state index in [9.17, 15) is 18.3 Å². The zero-order valence-corrected chi connectivity index (χ0v) is 21.1. The second kappa shape index (κ2) is 10.9. The average Bonchev–Trinajstić information content (AvgIpc) is 3.25. The van der Waals surface area contributed by atoms with Gasteiger partial charge in [-0.1, -0.05) is 39.5 Å². The average molecular weight is 501 g/mol. The van der Waals surface area contributed by atoms with Crippen molar-refractivity contribution in [2.45, 2.75) is 38.2 Å². The molecular weight excluding hydrogens is 468 g/mol. The molecule has 8 nitrogen and oxygen atoms in total. The van der Waals surface area contributed by atoms with Crippen LogP contribution < -0.4 is 9.62 Å². The molecule has 0 aromatic heterocycles. The van der Waals surface area contributed by atoms with Crippen molar-refractivity contribution in [1.29, 1.82) is 0 Å². The summed E-state index contributed by atoms with van der Waals surface area (Å²) in [5, 5.41) is 12.7. The van der Waals surface area contributed by atoms with Gasteiger partial charge in [0.15, 0.2) is 6.10 Å². The van der Waals surface area contributed by atoms with Gasteiger partial charge in [-0.05, 0) is 54.8 Å². The fourth-order valence-corrected chi connectivity index (χ4v) is 5.32. The first-order valence-electron chi connectivity index (χ1n) is 11.4. The third-order valence-electron chi connectivity index (χ3n) is 5.57. The predicted molar refractivity (Wildman–Crippen MR) is 137 cm³/mol. The Kier molecular flexibility index (Phi) is 8.11. The number of hydrogen-bond donors (Lipinski definition) is 2. The molecule has 0 bridgehead atoms. The van der Waals surface area contributed by atoms with Crippen LogP contribution in [0.4, 0.5) is 11.4 Å². The number of sulfonamides is 1. The van der Waals surface area contributed by atoms with Crippen molar-refractivity contribution < 1.29 is 27.8 Å². The summed E-state index contributed by atoms with van der Waals surface area (Å²) in [6.07, 6.45) is 0.544. The highest BCUT2D eigenvalue weighted by atomic mass is 32.2. The summed E-state index contributed by atoms with van der Waals surface area (Å²) < 4.78 is 39.5. The first kappa shape index (κ1) is 26.2. The van der Waals surface area contributed by atoms with Gasteiger partial charge in [-0.25, -0.2) is 13.2 Å². The summed E-state index contributed by atoms with van der Waals surface area (Å²) in [6.45, 7) is 14.1. The summed E-state index contributed by atoms with van der Waals surface area (Å²) in [7, 11) is -3.99. The van der Waals surface area contributed by atoms with Crippen LogP contribution in [0.1, 0.15) is 31.9 Å². The first-order valence-corrected chi connectivity index (χ1v) is 12.9. The number of anilines is 2. The van der Waals surface area contributed by atoms with E-state index in [0.717, 1.165) is 12.0 Å². The van der Waals surface area contributed by atoms with Crippen LogP contribution in [0.15, 0.2) is 66.5 Å². The predicted octanol–water partition coefficient (Wildman–Crippen LogP) is 4.50. The molecule has 1 atom stereocenters. The molecule has 1 unspecified atom stereocenters. The highest BCUT2D eigenvalue weighted by Crippen LogP contribution is 2.31. The van der Waals surface area contributed by atoms with Crippen LogP contribution in [-0.2, 0) is 30.7 Å². The van der Waals surface area contributed by atoms with E-state index < -0.39 is 16.0 Å². The van der Waals surface area contributed by atoms with E-state index in [1.54, 1.807) is 18.2 Å². The van der Waals surface area contributed by atoms with Crippen molar-refractivity contribution in [2.75, 3.05) is 29.3 Å². The Morgan fingerprint density at radius 2 is 1.91 bits per heavy atom. The van der Waals surface area contributed by atoms with Gasteiger partial charge in [-0.2, -0.15) is 0 Å². The Balaban J connectivity index is 1.99. The van der Waals surface area contributed by atoms with Crippen molar-refractivity contribution in [2.24, 2.45) is 5.92 Å². The van der Waals surface area contributed by atoms with Crippen molar-refractivity contribution in [3.05, 3.63) is 72.7 Å². The minimum absolute atomic E-state index is 0.0190. The third kappa shape index (κ3) is 6.16. The molecule has 1 heterocycles. The number of ether oxygens (including phenoxy) is 2. The number of nitrogens with zero attached hydrogens (tertiary/aromatic N) is 1. The lowest BCUT2D eigenvalue weighted by atomic mass is 10.1.